The predicted molar refractivity (Wildman–Crippen MR) is 64.8 cm³/mol. The second-order valence-electron chi connectivity index (χ2n) is 3.56. The van der Waals surface area contributed by atoms with Gasteiger partial charge in [0.15, 0.2) is 0 Å². The summed E-state index contributed by atoms with van der Waals surface area (Å²) in [5.74, 6) is 0.604. The zero-order valence-electron chi connectivity index (χ0n) is 8.88. The minimum atomic E-state index is -0.322. The van der Waals surface area contributed by atoms with Crippen LogP contribution < -0.4 is 4.52 Å². The van der Waals surface area contributed by atoms with Crippen LogP contribution in [-0.4, -0.2) is 0 Å². The molecule has 80 valence electrons. The van der Waals surface area contributed by atoms with Crippen molar-refractivity contribution in [2.24, 2.45) is 0 Å². The fourth-order valence-corrected chi connectivity index (χ4v) is 1.71. The minimum Gasteiger partial charge on any atom is -0.408 e. The Balaban J connectivity index is 2.27. The number of hydrogen-bond acceptors (Lipinski definition) is 2. The number of hydrogen-bond donors (Lipinski definition) is 0. The van der Waals surface area contributed by atoms with Crippen molar-refractivity contribution in [1.29, 1.82) is 0 Å². The average Bonchev–Trinajstić information content (AvgIpc) is 2.32. The molecule has 0 saturated heterocycles. The molecule has 0 bridgehead atoms. The van der Waals surface area contributed by atoms with Gasteiger partial charge in [-0.3, -0.25) is 0 Å². The largest absolute Gasteiger partial charge is 0.408 e. The molecular formula is C13H11O2P. The smallest absolute Gasteiger partial charge is 0.395 e. The normalized spacial score (nSPS) is 10.3. The standard InChI is InChI=1S/C13H11O2P/c1-10-2-4-11(5-3-10)12-6-8-13(9-7-12)15-16-14/h2-9H,1H3. The highest BCUT2D eigenvalue weighted by molar-refractivity contribution is 7.17. The van der Waals surface area contributed by atoms with E-state index >= 15 is 0 Å². The highest BCUT2D eigenvalue weighted by atomic mass is 31.1. The van der Waals surface area contributed by atoms with Gasteiger partial charge in [-0.05, 0) is 30.2 Å². The van der Waals surface area contributed by atoms with Crippen LogP contribution in [0.3, 0.4) is 0 Å². The quantitative estimate of drug-likeness (QED) is 0.737. The van der Waals surface area contributed by atoms with Gasteiger partial charge in [-0.25, -0.2) is 4.57 Å². The van der Waals surface area contributed by atoms with E-state index in [9.17, 15) is 4.57 Å². The number of rotatable bonds is 3. The number of aryl methyl sites for hydroxylation is 1. The molecule has 0 radical (unpaired) electrons. The Morgan fingerprint density at radius 2 is 1.38 bits per heavy atom. The Kier molecular flexibility index (Phi) is 3.33. The van der Waals surface area contributed by atoms with Crippen LogP contribution in [0.4, 0.5) is 0 Å². The Bertz CT molecular complexity index is 474. The summed E-state index contributed by atoms with van der Waals surface area (Å²) in [6, 6.07) is 15.8. The van der Waals surface area contributed by atoms with E-state index in [1.807, 2.05) is 12.1 Å². The molecule has 2 aromatic rings. The molecule has 2 nitrogen and oxygen atoms in total. The molecule has 0 aromatic heterocycles. The van der Waals surface area contributed by atoms with Gasteiger partial charge in [0.2, 0.25) is 0 Å². The second-order valence-corrected chi connectivity index (χ2v) is 3.89. The van der Waals surface area contributed by atoms with Gasteiger partial charge in [0, 0.05) is 0 Å². The van der Waals surface area contributed by atoms with Gasteiger partial charge in [-0.15, -0.1) is 0 Å². The van der Waals surface area contributed by atoms with Gasteiger partial charge in [0.05, 0.1) is 0 Å². The molecule has 0 aliphatic rings. The highest BCUT2D eigenvalue weighted by Gasteiger charge is 1.98. The third kappa shape index (κ3) is 2.47. The summed E-state index contributed by atoms with van der Waals surface area (Å²) in [4.78, 5) is 0. The van der Waals surface area contributed by atoms with E-state index < -0.39 is 0 Å². The van der Waals surface area contributed by atoms with E-state index in [-0.39, 0.29) is 8.69 Å². The summed E-state index contributed by atoms with van der Waals surface area (Å²) in [5, 5.41) is 0. The van der Waals surface area contributed by atoms with Crippen LogP contribution in [-0.2, 0) is 4.57 Å². The molecule has 3 heteroatoms. The molecule has 0 aliphatic heterocycles. The summed E-state index contributed by atoms with van der Waals surface area (Å²) >= 11 is 0. The van der Waals surface area contributed by atoms with Crippen LogP contribution in [0, 0.1) is 6.92 Å². The minimum absolute atomic E-state index is 0.322. The third-order valence-corrected chi connectivity index (χ3v) is 2.67. The molecule has 0 unspecified atom stereocenters. The molecule has 2 rings (SSSR count). The first-order valence-electron chi connectivity index (χ1n) is 4.96. The summed E-state index contributed by atoms with van der Waals surface area (Å²) in [6.07, 6.45) is 0. The van der Waals surface area contributed by atoms with Crippen molar-refractivity contribution in [3.05, 3.63) is 54.1 Å². The van der Waals surface area contributed by atoms with Gasteiger partial charge < -0.3 is 4.52 Å². The zero-order valence-corrected chi connectivity index (χ0v) is 9.78. The van der Waals surface area contributed by atoms with Crippen molar-refractivity contribution in [2.45, 2.75) is 6.92 Å². The molecule has 2 aromatic carbocycles. The molecule has 16 heavy (non-hydrogen) atoms. The van der Waals surface area contributed by atoms with Crippen LogP contribution in [0.15, 0.2) is 48.5 Å². The van der Waals surface area contributed by atoms with Crippen molar-refractivity contribution in [3.63, 3.8) is 0 Å². The lowest BCUT2D eigenvalue weighted by Gasteiger charge is -2.03. The van der Waals surface area contributed by atoms with Crippen molar-refractivity contribution in [1.82, 2.24) is 0 Å². The first kappa shape index (κ1) is 10.8. The van der Waals surface area contributed by atoms with Crippen LogP contribution in [0.2, 0.25) is 0 Å². The molecule has 0 aliphatic carbocycles. The third-order valence-electron chi connectivity index (χ3n) is 2.38. The van der Waals surface area contributed by atoms with E-state index in [2.05, 4.69) is 31.2 Å². The van der Waals surface area contributed by atoms with E-state index in [1.165, 1.54) is 5.56 Å². The van der Waals surface area contributed by atoms with E-state index in [4.69, 9.17) is 4.52 Å². The number of benzene rings is 2. The lowest BCUT2D eigenvalue weighted by molar-refractivity contribution is 0.525. The highest BCUT2D eigenvalue weighted by Crippen LogP contribution is 2.23. The van der Waals surface area contributed by atoms with Gasteiger partial charge in [-0.1, -0.05) is 42.0 Å². The topological polar surface area (TPSA) is 26.3 Å². The van der Waals surface area contributed by atoms with Gasteiger partial charge >= 0.3 is 8.69 Å². The average molecular weight is 230 g/mol. The predicted octanol–water partition coefficient (Wildman–Crippen LogP) is 4.25. The van der Waals surface area contributed by atoms with Crippen LogP contribution in [0.25, 0.3) is 11.1 Å². The van der Waals surface area contributed by atoms with Gasteiger partial charge in [0.1, 0.15) is 5.75 Å². The monoisotopic (exact) mass is 230 g/mol. The van der Waals surface area contributed by atoms with Crippen LogP contribution in [0.1, 0.15) is 5.56 Å². The first-order valence-corrected chi connectivity index (χ1v) is 5.69. The Morgan fingerprint density at radius 1 is 0.875 bits per heavy atom. The summed E-state index contributed by atoms with van der Waals surface area (Å²) in [6.45, 7) is 2.06. The maximum absolute atomic E-state index is 10.2. The van der Waals surface area contributed by atoms with Crippen LogP contribution in [0.5, 0.6) is 5.75 Å². The zero-order chi connectivity index (χ0) is 11.4. The van der Waals surface area contributed by atoms with E-state index in [0.29, 0.717) is 5.75 Å². The van der Waals surface area contributed by atoms with Crippen molar-refractivity contribution in [3.8, 4) is 16.9 Å². The van der Waals surface area contributed by atoms with Crippen molar-refractivity contribution in [2.75, 3.05) is 0 Å². The summed E-state index contributed by atoms with van der Waals surface area (Å²) < 4.78 is 15.1. The lowest BCUT2D eigenvalue weighted by Crippen LogP contribution is -1.79. The Hall–Kier alpha value is -1.66. The maximum Gasteiger partial charge on any atom is 0.395 e. The SMILES string of the molecule is Cc1ccc(-c2ccc(OP=O)cc2)cc1. The fourth-order valence-electron chi connectivity index (χ4n) is 1.50. The Morgan fingerprint density at radius 3 is 1.88 bits per heavy atom. The summed E-state index contributed by atoms with van der Waals surface area (Å²) in [7, 11) is -0.322. The summed E-state index contributed by atoms with van der Waals surface area (Å²) in [5.41, 5.74) is 3.53. The molecule has 0 saturated carbocycles. The fraction of sp³-hybridized carbons (Fsp3) is 0.0769. The maximum atomic E-state index is 10.2. The molecule has 0 spiro atoms. The molecule has 0 atom stereocenters. The molecular weight excluding hydrogens is 219 g/mol. The van der Waals surface area contributed by atoms with Gasteiger partial charge in [-0.2, -0.15) is 0 Å². The van der Waals surface area contributed by atoms with Crippen molar-refractivity contribution >= 4 is 8.69 Å². The van der Waals surface area contributed by atoms with E-state index in [0.717, 1.165) is 11.1 Å². The first-order chi connectivity index (χ1) is 7.79. The Labute approximate surface area is 96.2 Å². The van der Waals surface area contributed by atoms with Crippen LogP contribution >= 0.6 is 8.69 Å². The molecule has 0 heterocycles. The van der Waals surface area contributed by atoms with E-state index in [1.54, 1.807) is 12.1 Å². The molecule has 0 N–H and O–H groups in total. The second kappa shape index (κ2) is 4.91. The van der Waals surface area contributed by atoms with Gasteiger partial charge in [0.25, 0.3) is 0 Å². The van der Waals surface area contributed by atoms with Crippen molar-refractivity contribution < 1.29 is 9.09 Å². The lowest BCUT2D eigenvalue weighted by atomic mass is 10.0. The molecule has 0 fully saturated rings. The molecule has 0 amide bonds.